The molecule has 0 saturated heterocycles. The predicted octanol–water partition coefficient (Wildman–Crippen LogP) is 2.42. The molecule has 1 aliphatic carbocycles. The van der Waals surface area contributed by atoms with Gasteiger partial charge in [0, 0.05) is 6.54 Å². The second-order valence-corrected chi connectivity index (χ2v) is 7.58. The molecule has 0 radical (unpaired) electrons. The van der Waals surface area contributed by atoms with Crippen molar-refractivity contribution in [3.63, 3.8) is 0 Å². The second kappa shape index (κ2) is 7.42. The van der Waals surface area contributed by atoms with Crippen LogP contribution in [0.2, 0.25) is 0 Å². The van der Waals surface area contributed by atoms with Crippen LogP contribution in [0.25, 0.3) is 10.2 Å². The maximum atomic E-state index is 12.5. The Labute approximate surface area is 145 Å². The smallest absolute Gasteiger partial charge is 0.294 e. The van der Waals surface area contributed by atoms with Crippen molar-refractivity contribution in [3.8, 4) is 0 Å². The molecule has 6 nitrogen and oxygen atoms in total. The molecule has 7 heteroatoms. The SMILES string of the molecule is CCc1nc2c(=O)n(CC(=O)NCC3CCCCC3)nc(C)c2s1. The average Bonchev–Trinajstić information content (AvgIpc) is 3.04. The number of fused-ring (bicyclic) bond motifs is 1. The highest BCUT2D eigenvalue weighted by atomic mass is 32.1. The van der Waals surface area contributed by atoms with Crippen LogP contribution in [-0.4, -0.2) is 27.2 Å². The van der Waals surface area contributed by atoms with Crippen molar-refractivity contribution in [1.82, 2.24) is 20.1 Å². The van der Waals surface area contributed by atoms with Crippen LogP contribution in [0.1, 0.15) is 49.7 Å². The number of aryl methyl sites for hydroxylation is 2. The number of rotatable bonds is 5. The van der Waals surface area contributed by atoms with Gasteiger partial charge in [-0.15, -0.1) is 11.3 Å². The standard InChI is InChI=1S/C17H24N4O2S/c1-3-14-19-15-16(24-14)11(2)20-21(17(15)23)10-13(22)18-9-12-7-5-4-6-8-12/h12H,3-10H2,1-2H3,(H,18,22). The summed E-state index contributed by atoms with van der Waals surface area (Å²) < 4.78 is 2.07. The summed E-state index contributed by atoms with van der Waals surface area (Å²) in [5.74, 6) is 0.419. The van der Waals surface area contributed by atoms with E-state index in [9.17, 15) is 9.59 Å². The summed E-state index contributed by atoms with van der Waals surface area (Å²) in [6.45, 7) is 4.53. The Morgan fingerprint density at radius 1 is 1.33 bits per heavy atom. The fourth-order valence-corrected chi connectivity index (χ4v) is 4.18. The zero-order valence-electron chi connectivity index (χ0n) is 14.3. The fraction of sp³-hybridized carbons (Fsp3) is 0.647. The normalized spacial score (nSPS) is 15.8. The Bertz CT molecular complexity index is 790. The minimum Gasteiger partial charge on any atom is -0.354 e. The van der Waals surface area contributed by atoms with Crippen LogP contribution < -0.4 is 10.9 Å². The third-order valence-corrected chi connectivity index (χ3v) is 5.92. The Kier molecular flexibility index (Phi) is 5.28. The van der Waals surface area contributed by atoms with E-state index < -0.39 is 0 Å². The first-order valence-corrected chi connectivity index (χ1v) is 9.54. The first-order chi connectivity index (χ1) is 11.6. The number of aromatic nitrogens is 3. The van der Waals surface area contributed by atoms with E-state index in [1.807, 2.05) is 13.8 Å². The number of nitrogens with zero attached hydrogens (tertiary/aromatic N) is 3. The minimum atomic E-state index is -0.278. The Morgan fingerprint density at radius 3 is 2.79 bits per heavy atom. The van der Waals surface area contributed by atoms with Gasteiger partial charge in [0.05, 0.1) is 15.4 Å². The van der Waals surface area contributed by atoms with Crippen molar-refractivity contribution in [3.05, 3.63) is 21.1 Å². The lowest BCUT2D eigenvalue weighted by atomic mass is 9.89. The lowest BCUT2D eigenvalue weighted by molar-refractivity contribution is -0.122. The van der Waals surface area contributed by atoms with Gasteiger partial charge in [-0.05, 0) is 32.1 Å². The van der Waals surface area contributed by atoms with E-state index in [2.05, 4.69) is 15.4 Å². The van der Waals surface area contributed by atoms with Gasteiger partial charge in [0.15, 0.2) is 5.52 Å². The highest BCUT2D eigenvalue weighted by Gasteiger charge is 2.17. The van der Waals surface area contributed by atoms with Crippen molar-refractivity contribution < 1.29 is 4.79 Å². The van der Waals surface area contributed by atoms with Gasteiger partial charge in [0.25, 0.3) is 5.56 Å². The Balaban J connectivity index is 1.71. The van der Waals surface area contributed by atoms with Crippen LogP contribution in [0.4, 0.5) is 0 Å². The molecule has 1 amide bonds. The zero-order valence-corrected chi connectivity index (χ0v) is 15.1. The molecular weight excluding hydrogens is 324 g/mol. The third kappa shape index (κ3) is 3.66. The van der Waals surface area contributed by atoms with Crippen LogP contribution in [-0.2, 0) is 17.8 Å². The van der Waals surface area contributed by atoms with Crippen molar-refractivity contribution in [2.75, 3.05) is 6.54 Å². The molecule has 1 N–H and O–H groups in total. The third-order valence-electron chi connectivity index (χ3n) is 4.62. The Morgan fingerprint density at radius 2 is 2.08 bits per heavy atom. The van der Waals surface area contributed by atoms with Gasteiger partial charge in [-0.2, -0.15) is 5.10 Å². The average molecular weight is 348 g/mol. The minimum absolute atomic E-state index is 0.0404. The molecule has 0 unspecified atom stereocenters. The fourth-order valence-electron chi connectivity index (χ4n) is 3.25. The summed E-state index contributed by atoms with van der Waals surface area (Å²) >= 11 is 1.51. The van der Waals surface area contributed by atoms with Crippen LogP contribution >= 0.6 is 11.3 Å². The molecule has 1 saturated carbocycles. The van der Waals surface area contributed by atoms with Crippen LogP contribution in [0, 0.1) is 12.8 Å². The summed E-state index contributed by atoms with van der Waals surface area (Å²) in [6, 6.07) is 0. The second-order valence-electron chi connectivity index (χ2n) is 6.50. The van der Waals surface area contributed by atoms with E-state index in [0.29, 0.717) is 18.0 Å². The quantitative estimate of drug-likeness (QED) is 0.900. The monoisotopic (exact) mass is 348 g/mol. The first-order valence-electron chi connectivity index (χ1n) is 8.72. The van der Waals surface area contributed by atoms with Gasteiger partial charge in [0.2, 0.25) is 5.91 Å². The molecule has 2 aromatic rings. The molecular formula is C17H24N4O2S. The van der Waals surface area contributed by atoms with Gasteiger partial charge < -0.3 is 5.32 Å². The summed E-state index contributed by atoms with van der Waals surface area (Å²) in [6.07, 6.45) is 6.96. The Hall–Kier alpha value is -1.76. The molecule has 1 aliphatic rings. The van der Waals surface area contributed by atoms with E-state index in [4.69, 9.17) is 0 Å². The molecule has 3 rings (SSSR count). The molecule has 0 spiro atoms. The van der Waals surface area contributed by atoms with Crippen molar-refractivity contribution in [2.45, 2.75) is 58.9 Å². The molecule has 2 heterocycles. The van der Waals surface area contributed by atoms with Crippen LogP contribution in [0.5, 0.6) is 0 Å². The summed E-state index contributed by atoms with van der Waals surface area (Å²) in [7, 11) is 0. The van der Waals surface area contributed by atoms with E-state index in [1.54, 1.807) is 0 Å². The highest BCUT2D eigenvalue weighted by Crippen LogP contribution is 2.23. The maximum absolute atomic E-state index is 12.5. The number of nitrogens with one attached hydrogen (secondary N) is 1. The first kappa shape index (κ1) is 17.1. The van der Waals surface area contributed by atoms with Gasteiger partial charge in [0.1, 0.15) is 6.54 Å². The molecule has 0 aromatic carbocycles. The predicted molar refractivity (Wildman–Crippen MR) is 95.4 cm³/mol. The van der Waals surface area contributed by atoms with Gasteiger partial charge in [-0.25, -0.2) is 9.67 Å². The van der Waals surface area contributed by atoms with E-state index in [0.717, 1.165) is 21.8 Å². The van der Waals surface area contributed by atoms with Gasteiger partial charge in [-0.3, -0.25) is 9.59 Å². The molecule has 0 atom stereocenters. The summed E-state index contributed by atoms with van der Waals surface area (Å²) in [5, 5.41) is 8.18. The van der Waals surface area contributed by atoms with Crippen LogP contribution in [0.15, 0.2) is 4.79 Å². The van der Waals surface area contributed by atoms with Crippen LogP contribution in [0.3, 0.4) is 0 Å². The van der Waals surface area contributed by atoms with Gasteiger partial charge >= 0.3 is 0 Å². The molecule has 2 aromatic heterocycles. The maximum Gasteiger partial charge on any atom is 0.294 e. The molecule has 0 bridgehead atoms. The number of carbonyl (C=O) groups excluding carboxylic acids is 1. The van der Waals surface area contributed by atoms with Crippen molar-refractivity contribution >= 4 is 27.5 Å². The lowest BCUT2D eigenvalue weighted by Gasteiger charge is -2.21. The number of amides is 1. The van der Waals surface area contributed by atoms with Crippen molar-refractivity contribution in [2.24, 2.45) is 5.92 Å². The number of thiazole rings is 1. The van der Waals surface area contributed by atoms with Crippen molar-refractivity contribution in [1.29, 1.82) is 0 Å². The largest absolute Gasteiger partial charge is 0.354 e. The number of hydrogen-bond donors (Lipinski definition) is 1. The lowest BCUT2D eigenvalue weighted by Crippen LogP contribution is -2.36. The molecule has 130 valence electrons. The van der Waals surface area contributed by atoms with E-state index in [-0.39, 0.29) is 18.0 Å². The zero-order chi connectivity index (χ0) is 17.1. The van der Waals surface area contributed by atoms with Gasteiger partial charge in [-0.1, -0.05) is 26.2 Å². The summed E-state index contributed by atoms with van der Waals surface area (Å²) in [4.78, 5) is 29.1. The molecule has 1 fully saturated rings. The topological polar surface area (TPSA) is 76.9 Å². The molecule has 0 aliphatic heterocycles. The number of hydrogen-bond acceptors (Lipinski definition) is 5. The number of carbonyl (C=O) groups is 1. The molecule has 24 heavy (non-hydrogen) atoms. The summed E-state index contributed by atoms with van der Waals surface area (Å²) in [5.41, 5.74) is 0.908. The highest BCUT2D eigenvalue weighted by molar-refractivity contribution is 7.18. The van der Waals surface area contributed by atoms with E-state index in [1.165, 1.54) is 48.1 Å². The van der Waals surface area contributed by atoms with E-state index >= 15 is 0 Å².